The van der Waals surface area contributed by atoms with Crippen LogP contribution >= 0.6 is 0 Å². The summed E-state index contributed by atoms with van der Waals surface area (Å²) in [6.07, 6.45) is 0. The van der Waals surface area contributed by atoms with E-state index in [9.17, 15) is 4.79 Å². The topological polar surface area (TPSA) is 26.3 Å². The fourth-order valence-corrected chi connectivity index (χ4v) is 1.85. The van der Waals surface area contributed by atoms with Gasteiger partial charge in [0.05, 0.1) is 12.0 Å². The van der Waals surface area contributed by atoms with Crippen molar-refractivity contribution >= 4 is 5.97 Å². The second-order valence-corrected chi connectivity index (χ2v) is 4.59. The van der Waals surface area contributed by atoms with E-state index in [0.717, 1.165) is 5.56 Å². The molecule has 2 nitrogen and oxygen atoms in total. The molecule has 16 heavy (non-hydrogen) atoms. The molecule has 0 aliphatic carbocycles. The van der Waals surface area contributed by atoms with E-state index in [1.54, 1.807) is 0 Å². The molecule has 0 atom stereocenters. The zero-order valence-corrected chi connectivity index (χ0v) is 10.8. The van der Waals surface area contributed by atoms with Crippen molar-refractivity contribution in [1.82, 2.24) is 0 Å². The molecule has 0 aliphatic rings. The molecule has 0 heterocycles. The third kappa shape index (κ3) is 2.26. The summed E-state index contributed by atoms with van der Waals surface area (Å²) in [7, 11) is 0. The molecule has 1 aromatic carbocycles. The van der Waals surface area contributed by atoms with Gasteiger partial charge in [0, 0.05) is 0 Å². The molecule has 0 unspecified atom stereocenters. The normalized spacial score (nSPS) is 11.3. The van der Waals surface area contributed by atoms with Gasteiger partial charge in [-0.15, -0.1) is 0 Å². The number of rotatable bonds is 3. The van der Waals surface area contributed by atoms with Crippen LogP contribution in [0.4, 0.5) is 0 Å². The number of carbonyl (C=O) groups excluding carboxylic acids is 1. The lowest BCUT2D eigenvalue weighted by Crippen LogP contribution is -2.32. The van der Waals surface area contributed by atoms with Crippen molar-refractivity contribution in [2.24, 2.45) is 0 Å². The Kier molecular flexibility index (Phi) is 3.74. The first-order valence-electron chi connectivity index (χ1n) is 5.65. The van der Waals surface area contributed by atoms with Gasteiger partial charge in [0.25, 0.3) is 0 Å². The molecule has 2 heteroatoms. The Morgan fingerprint density at radius 2 is 1.94 bits per heavy atom. The summed E-state index contributed by atoms with van der Waals surface area (Å²) in [5, 5.41) is 0. The molecule has 0 radical (unpaired) electrons. The lowest BCUT2D eigenvalue weighted by Gasteiger charge is -2.25. The number of ether oxygens (including phenoxy) is 1. The standard InChI is InChI=1S/C14H20O2/c1-6-16-13(15)14(4,5)12-9-7-8-10(2)11(12)3/h7-9H,6H2,1-5H3. The lowest BCUT2D eigenvalue weighted by atomic mass is 9.81. The molecule has 0 spiro atoms. The molecule has 0 aromatic heterocycles. The molecular weight excluding hydrogens is 200 g/mol. The van der Waals surface area contributed by atoms with Crippen LogP contribution in [0, 0.1) is 13.8 Å². The lowest BCUT2D eigenvalue weighted by molar-refractivity contribution is -0.148. The van der Waals surface area contributed by atoms with Crippen LogP contribution in [-0.2, 0) is 14.9 Å². The van der Waals surface area contributed by atoms with Crippen LogP contribution in [0.3, 0.4) is 0 Å². The third-order valence-corrected chi connectivity index (χ3v) is 3.06. The third-order valence-electron chi connectivity index (χ3n) is 3.06. The number of esters is 1. The van der Waals surface area contributed by atoms with Crippen LogP contribution in [0.5, 0.6) is 0 Å². The smallest absolute Gasteiger partial charge is 0.315 e. The quantitative estimate of drug-likeness (QED) is 0.731. The maximum atomic E-state index is 11.9. The summed E-state index contributed by atoms with van der Waals surface area (Å²) in [6, 6.07) is 6.04. The van der Waals surface area contributed by atoms with Crippen LogP contribution in [0.15, 0.2) is 18.2 Å². The Labute approximate surface area is 97.6 Å². The average molecular weight is 220 g/mol. The van der Waals surface area contributed by atoms with Crippen LogP contribution in [0.1, 0.15) is 37.5 Å². The Balaban J connectivity index is 3.16. The van der Waals surface area contributed by atoms with Gasteiger partial charge in [-0.3, -0.25) is 4.79 Å². The maximum absolute atomic E-state index is 11.9. The van der Waals surface area contributed by atoms with Crippen molar-refractivity contribution < 1.29 is 9.53 Å². The molecule has 1 aromatic rings. The van der Waals surface area contributed by atoms with Gasteiger partial charge in [-0.2, -0.15) is 0 Å². The molecule has 88 valence electrons. The summed E-state index contributed by atoms with van der Waals surface area (Å²) in [6.45, 7) is 10.2. The highest BCUT2D eigenvalue weighted by Crippen LogP contribution is 2.29. The predicted octanol–water partition coefficient (Wildman–Crippen LogP) is 3.14. The summed E-state index contributed by atoms with van der Waals surface area (Å²) in [4.78, 5) is 11.9. The van der Waals surface area contributed by atoms with E-state index in [4.69, 9.17) is 4.74 Å². The molecule has 0 N–H and O–H groups in total. The van der Waals surface area contributed by atoms with Crippen molar-refractivity contribution in [3.05, 3.63) is 34.9 Å². The summed E-state index contributed by atoms with van der Waals surface area (Å²) in [5.41, 5.74) is 2.84. The second kappa shape index (κ2) is 4.69. The van der Waals surface area contributed by atoms with Gasteiger partial charge in [-0.1, -0.05) is 18.2 Å². The van der Waals surface area contributed by atoms with Crippen LogP contribution in [0.25, 0.3) is 0 Å². The summed E-state index contributed by atoms with van der Waals surface area (Å²) >= 11 is 0. The Morgan fingerprint density at radius 3 is 2.50 bits per heavy atom. The molecule has 0 fully saturated rings. The van der Waals surface area contributed by atoms with E-state index in [1.165, 1.54) is 11.1 Å². The van der Waals surface area contributed by atoms with Crippen LogP contribution in [0.2, 0.25) is 0 Å². The monoisotopic (exact) mass is 220 g/mol. The second-order valence-electron chi connectivity index (χ2n) is 4.59. The summed E-state index contributed by atoms with van der Waals surface area (Å²) < 4.78 is 5.12. The van der Waals surface area contributed by atoms with Gasteiger partial charge in [0.1, 0.15) is 0 Å². The molecule has 0 aliphatic heterocycles. The zero-order chi connectivity index (χ0) is 12.3. The SMILES string of the molecule is CCOC(=O)C(C)(C)c1cccc(C)c1C. The van der Waals surface area contributed by atoms with Crippen molar-refractivity contribution in [3.8, 4) is 0 Å². The van der Waals surface area contributed by atoms with Crippen molar-refractivity contribution in [1.29, 1.82) is 0 Å². The Morgan fingerprint density at radius 1 is 1.31 bits per heavy atom. The minimum atomic E-state index is -0.577. The highest BCUT2D eigenvalue weighted by molar-refractivity contribution is 5.82. The fraction of sp³-hybridized carbons (Fsp3) is 0.500. The Hall–Kier alpha value is -1.31. The molecule has 1 rings (SSSR count). The first-order chi connectivity index (χ1) is 7.41. The largest absolute Gasteiger partial charge is 0.465 e. The number of hydrogen-bond donors (Lipinski definition) is 0. The van der Waals surface area contributed by atoms with E-state index >= 15 is 0 Å². The highest BCUT2D eigenvalue weighted by Gasteiger charge is 2.32. The minimum absolute atomic E-state index is 0.163. The minimum Gasteiger partial charge on any atom is -0.465 e. The van der Waals surface area contributed by atoms with Crippen molar-refractivity contribution in [2.75, 3.05) is 6.61 Å². The molecular formula is C14H20O2. The van der Waals surface area contributed by atoms with Crippen LogP contribution in [-0.4, -0.2) is 12.6 Å². The van der Waals surface area contributed by atoms with Gasteiger partial charge >= 0.3 is 5.97 Å². The predicted molar refractivity (Wildman–Crippen MR) is 65.6 cm³/mol. The highest BCUT2D eigenvalue weighted by atomic mass is 16.5. The number of benzene rings is 1. The van der Waals surface area contributed by atoms with Gasteiger partial charge in [-0.05, 0) is 51.3 Å². The number of hydrogen-bond acceptors (Lipinski definition) is 2. The van der Waals surface area contributed by atoms with E-state index in [2.05, 4.69) is 13.0 Å². The van der Waals surface area contributed by atoms with Crippen molar-refractivity contribution in [3.63, 3.8) is 0 Å². The van der Waals surface area contributed by atoms with Gasteiger partial charge in [0.2, 0.25) is 0 Å². The van der Waals surface area contributed by atoms with E-state index in [-0.39, 0.29) is 5.97 Å². The molecule has 0 amide bonds. The summed E-state index contributed by atoms with van der Waals surface area (Å²) in [5.74, 6) is -0.163. The van der Waals surface area contributed by atoms with E-state index in [0.29, 0.717) is 6.61 Å². The van der Waals surface area contributed by atoms with Gasteiger partial charge < -0.3 is 4.74 Å². The first-order valence-corrected chi connectivity index (χ1v) is 5.65. The fourth-order valence-electron chi connectivity index (χ4n) is 1.85. The van der Waals surface area contributed by atoms with Gasteiger partial charge in [0.15, 0.2) is 0 Å². The average Bonchev–Trinajstić information content (AvgIpc) is 2.22. The first kappa shape index (κ1) is 12.8. The molecule has 0 saturated heterocycles. The van der Waals surface area contributed by atoms with E-state index in [1.807, 2.05) is 39.8 Å². The zero-order valence-electron chi connectivity index (χ0n) is 10.8. The van der Waals surface area contributed by atoms with Gasteiger partial charge in [-0.25, -0.2) is 0 Å². The Bertz CT molecular complexity index is 392. The van der Waals surface area contributed by atoms with Crippen molar-refractivity contribution in [2.45, 2.75) is 40.0 Å². The van der Waals surface area contributed by atoms with Crippen LogP contribution < -0.4 is 0 Å². The molecule has 0 saturated carbocycles. The maximum Gasteiger partial charge on any atom is 0.315 e. The molecule has 0 bridgehead atoms. The number of aryl methyl sites for hydroxylation is 1. The van der Waals surface area contributed by atoms with E-state index < -0.39 is 5.41 Å². The number of carbonyl (C=O) groups is 1.